The zero-order valence-electron chi connectivity index (χ0n) is 6.59. The summed E-state index contributed by atoms with van der Waals surface area (Å²) in [5.74, 6) is -0.434. The first kappa shape index (κ1) is 8.71. The van der Waals surface area contributed by atoms with Crippen LogP contribution in [-0.4, -0.2) is 5.91 Å². The summed E-state index contributed by atoms with van der Waals surface area (Å²) < 4.78 is 12.3. The molecule has 2 nitrogen and oxygen atoms in total. The number of alkyl halides is 1. The van der Waals surface area contributed by atoms with Crippen LogP contribution in [0.3, 0.4) is 0 Å². The van der Waals surface area contributed by atoms with E-state index in [0.29, 0.717) is 11.1 Å². The highest BCUT2D eigenvalue weighted by Crippen LogP contribution is 2.10. The van der Waals surface area contributed by atoms with Crippen LogP contribution in [0.25, 0.3) is 0 Å². The van der Waals surface area contributed by atoms with Crippen molar-refractivity contribution in [3.63, 3.8) is 0 Å². The minimum absolute atomic E-state index is 0.111. The highest BCUT2D eigenvalue weighted by atomic mass is 19.1. The number of hydrogen-bond acceptors (Lipinski definition) is 1. The van der Waals surface area contributed by atoms with Crippen molar-refractivity contribution >= 4 is 5.91 Å². The molecule has 2 N–H and O–H groups in total. The number of rotatable bonds is 3. The minimum Gasteiger partial charge on any atom is -0.369 e. The average molecular weight is 167 g/mol. The average Bonchev–Trinajstić information content (AvgIpc) is 2.04. The number of nitrogens with two attached hydrogens (primary N) is 1. The molecule has 0 unspecified atom stereocenters. The van der Waals surface area contributed by atoms with Crippen molar-refractivity contribution in [1.82, 2.24) is 0 Å². The Balaban J connectivity index is 2.89. The molecule has 0 aromatic heterocycles. The zero-order chi connectivity index (χ0) is 8.97. The van der Waals surface area contributed by atoms with Crippen molar-refractivity contribution < 1.29 is 9.18 Å². The summed E-state index contributed by atoms with van der Waals surface area (Å²) in [6.07, 6.45) is 0.111. The second kappa shape index (κ2) is 3.85. The van der Waals surface area contributed by atoms with E-state index in [4.69, 9.17) is 5.73 Å². The van der Waals surface area contributed by atoms with Crippen LogP contribution in [0.2, 0.25) is 0 Å². The van der Waals surface area contributed by atoms with Gasteiger partial charge in [0.25, 0.3) is 0 Å². The van der Waals surface area contributed by atoms with Gasteiger partial charge >= 0.3 is 0 Å². The van der Waals surface area contributed by atoms with Crippen molar-refractivity contribution in [3.8, 4) is 0 Å². The molecule has 1 aromatic carbocycles. The molecule has 0 fully saturated rings. The fraction of sp³-hybridized carbons (Fsp3) is 0.222. The molecule has 3 heteroatoms. The molecule has 64 valence electrons. The Morgan fingerprint density at radius 1 is 1.33 bits per heavy atom. The molecule has 1 rings (SSSR count). The molecule has 0 saturated carbocycles. The smallest absolute Gasteiger partial charge is 0.221 e. The van der Waals surface area contributed by atoms with E-state index in [1.165, 1.54) is 0 Å². The van der Waals surface area contributed by atoms with Gasteiger partial charge in [0.15, 0.2) is 0 Å². The lowest BCUT2D eigenvalue weighted by Gasteiger charge is -2.02. The first-order valence-corrected chi connectivity index (χ1v) is 3.65. The molecular formula is C9H10FNO. The summed E-state index contributed by atoms with van der Waals surface area (Å²) in [7, 11) is 0. The molecule has 0 atom stereocenters. The molecule has 0 spiro atoms. The van der Waals surface area contributed by atoms with Crippen molar-refractivity contribution in [1.29, 1.82) is 0 Å². The molecule has 0 bridgehead atoms. The Morgan fingerprint density at radius 3 is 2.42 bits per heavy atom. The van der Waals surface area contributed by atoms with Gasteiger partial charge in [0.1, 0.15) is 6.67 Å². The van der Waals surface area contributed by atoms with Crippen LogP contribution < -0.4 is 5.73 Å². The summed E-state index contributed by atoms with van der Waals surface area (Å²) in [4.78, 5) is 10.5. The van der Waals surface area contributed by atoms with E-state index in [2.05, 4.69) is 0 Å². The maximum atomic E-state index is 12.3. The molecule has 1 aromatic rings. The molecular weight excluding hydrogens is 157 g/mol. The quantitative estimate of drug-likeness (QED) is 0.721. The van der Waals surface area contributed by atoms with E-state index in [-0.39, 0.29) is 6.42 Å². The molecule has 0 aliphatic heterocycles. The van der Waals surface area contributed by atoms with Crippen LogP contribution in [0.4, 0.5) is 4.39 Å². The SMILES string of the molecule is NC(=O)Cc1ccccc1CF. The van der Waals surface area contributed by atoms with E-state index >= 15 is 0 Å². The van der Waals surface area contributed by atoms with Gasteiger partial charge in [-0.05, 0) is 11.1 Å². The van der Waals surface area contributed by atoms with Crippen molar-refractivity contribution in [2.24, 2.45) is 5.73 Å². The van der Waals surface area contributed by atoms with E-state index in [9.17, 15) is 9.18 Å². The van der Waals surface area contributed by atoms with E-state index in [0.717, 1.165) is 0 Å². The number of halogens is 1. The topological polar surface area (TPSA) is 43.1 Å². The standard InChI is InChI=1S/C9H10FNO/c10-6-8-4-2-1-3-7(8)5-9(11)12/h1-4H,5-6H2,(H2,11,12). The van der Waals surface area contributed by atoms with Crippen LogP contribution >= 0.6 is 0 Å². The molecule has 1 amide bonds. The summed E-state index contributed by atoms with van der Waals surface area (Å²) in [5.41, 5.74) is 6.20. The number of primary amides is 1. The molecule has 0 radical (unpaired) electrons. The fourth-order valence-electron chi connectivity index (χ4n) is 1.05. The third-order valence-electron chi connectivity index (χ3n) is 1.63. The Labute approximate surface area is 70.2 Å². The third-order valence-corrected chi connectivity index (χ3v) is 1.63. The van der Waals surface area contributed by atoms with Gasteiger partial charge in [0.2, 0.25) is 5.91 Å². The van der Waals surface area contributed by atoms with Crippen molar-refractivity contribution in [3.05, 3.63) is 35.4 Å². The normalized spacial score (nSPS) is 9.75. The lowest BCUT2D eigenvalue weighted by molar-refractivity contribution is -0.117. The minimum atomic E-state index is -0.552. The molecule has 0 aliphatic rings. The zero-order valence-corrected chi connectivity index (χ0v) is 6.59. The van der Waals surface area contributed by atoms with E-state index in [1.54, 1.807) is 24.3 Å². The van der Waals surface area contributed by atoms with Gasteiger partial charge in [0, 0.05) is 0 Å². The molecule has 0 saturated heterocycles. The first-order chi connectivity index (χ1) is 5.74. The summed E-state index contributed by atoms with van der Waals surface area (Å²) >= 11 is 0. The van der Waals surface area contributed by atoms with Crippen molar-refractivity contribution in [2.45, 2.75) is 13.1 Å². The second-order valence-electron chi connectivity index (χ2n) is 2.55. The summed E-state index contributed by atoms with van der Waals surface area (Å²) in [5, 5.41) is 0. The maximum absolute atomic E-state index is 12.3. The van der Waals surface area contributed by atoms with Crippen LogP contribution in [-0.2, 0) is 17.9 Å². The van der Waals surface area contributed by atoms with Crippen LogP contribution in [0.15, 0.2) is 24.3 Å². The highest BCUT2D eigenvalue weighted by molar-refractivity contribution is 5.76. The maximum Gasteiger partial charge on any atom is 0.221 e. The van der Waals surface area contributed by atoms with Crippen LogP contribution in [0, 0.1) is 0 Å². The summed E-state index contributed by atoms with van der Waals surface area (Å²) in [6, 6.07) is 6.86. The number of carbonyl (C=O) groups is 1. The van der Waals surface area contributed by atoms with E-state index in [1.807, 2.05) is 0 Å². The lowest BCUT2D eigenvalue weighted by Crippen LogP contribution is -2.14. The predicted molar refractivity (Wildman–Crippen MR) is 44.2 cm³/mol. The number of benzene rings is 1. The number of carbonyl (C=O) groups excluding carboxylic acids is 1. The largest absolute Gasteiger partial charge is 0.369 e. The second-order valence-corrected chi connectivity index (χ2v) is 2.55. The highest BCUT2D eigenvalue weighted by Gasteiger charge is 2.03. The lowest BCUT2D eigenvalue weighted by atomic mass is 10.1. The van der Waals surface area contributed by atoms with Gasteiger partial charge in [-0.1, -0.05) is 24.3 Å². The van der Waals surface area contributed by atoms with Gasteiger partial charge in [-0.15, -0.1) is 0 Å². The summed E-state index contributed by atoms with van der Waals surface area (Å²) in [6.45, 7) is -0.552. The third kappa shape index (κ3) is 2.05. The van der Waals surface area contributed by atoms with Gasteiger partial charge in [-0.3, -0.25) is 4.79 Å². The van der Waals surface area contributed by atoms with Gasteiger partial charge in [-0.25, -0.2) is 4.39 Å². The van der Waals surface area contributed by atoms with Gasteiger partial charge < -0.3 is 5.73 Å². The Hall–Kier alpha value is -1.38. The van der Waals surface area contributed by atoms with Crippen molar-refractivity contribution in [2.75, 3.05) is 0 Å². The number of hydrogen-bond donors (Lipinski definition) is 1. The van der Waals surface area contributed by atoms with Crippen LogP contribution in [0.5, 0.6) is 0 Å². The van der Waals surface area contributed by atoms with Gasteiger partial charge in [0.05, 0.1) is 6.42 Å². The van der Waals surface area contributed by atoms with E-state index < -0.39 is 12.6 Å². The monoisotopic (exact) mass is 167 g/mol. The Kier molecular flexibility index (Phi) is 2.80. The molecule has 12 heavy (non-hydrogen) atoms. The van der Waals surface area contributed by atoms with Crippen LogP contribution in [0.1, 0.15) is 11.1 Å². The fourth-order valence-corrected chi connectivity index (χ4v) is 1.05. The molecule has 0 aliphatic carbocycles. The Bertz CT molecular complexity index is 286. The Morgan fingerprint density at radius 2 is 1.92 bits per heavy atom. The number of amides is 1. The molecule has 0 heterocycles. The first-order valence-electron chi connectivity index (χ1n) is 3.65. The van der Waals surface area contributed by atoms with Gasteiger partial charge in [-0.2, -0.15) is 0 Å². The predicted octanol–water partition coefficient (Wildman–Crippen LogP) is 1.18.